The van der Waals surface area contributed by atoms with Crippen LogP contribution in [0.5, 0.6) is 0 Å². The van der Waals surface area contributed by atoms with E-state index in [9.17, 15) is 9.59 Å². The van der Waals surface area contributed by atoms with Crippen LogP contribution in [0, 0.1) is 6.92 Å². The second-order valence-corrected chi connectivity index (χ2v) is 4.26. The first-order valence-electron chi connectivity index (χ1n) is 4.72. The molecule has 2 N–H and O–H groups in total. The van der Waals surface area contributed by atoms with Crippen molar-refractivity contribution in [2.75, 3.05) is 12.8 Å². The molecule has 5 heteroatoms. The lowest BCUT2D eigenvalue weighted by molar-refractivity contribution is -0.118. The maximum absolute atomic E-state index is 11.1. The molecule has 0 aliphatic heterocycles. The van der Waals surface area contributed by atoms with Crippen LogP contribution in [-0.2, 0) is 4.79 Å². The number of amides is 1. The summed E-state index contributed by atoms with van der Waals surface area (Å²) in [5.41, 5.74) is 1.21. The van der Waals surface area contributed by atoms with Gasteiger partial charge in [-0.05, 0) is 24.6 Å². The van der Waals surface area contributed by atoms with Crippen LogP contribution in [0.1, 0.15) is 15.9 Å². The highest BCUT2D eigenvalue weighted by Crippen LogP contribution is 2.23. The maximum Gasteiger partial charge on any atom is 0.335 e. The normalized spacial score (nSPS) is 9.88. The van der Waals surface area contributed by atoms with E-state index in [0.717, 1.165) is 10.5 Å². The third kappa shape index (κ3) is 3.27. The fourth-order valence-corrected chi connectivity index (χ4v) is 2.04. The zero-order chi connectivity index (χ0) is 12.1. The molecule has 1 amide bonds. The topological polar surface area (TPSA) is 66.4 Å². The van der Waals surface area contributed by atoms with Crippen LogP contribution in [0.2, 0.25) is 0 Å². The minimum atomic E-state index is -0.957. The van der Waals surface area contributed by atoms with Gasteiger partial charge in [-0.3, -0.25) is 4.79 Å². The van der Waals surface area contributed by atoms with Crippen LogP contribution in [0.25, 0.3) is 0 Å². The van der Waals surface area contributed by atoms with E-state index in [1.54, 1.807) is 25.2 Å². The number of aryl methyl sites for hydroxylation is 1. The van der Waals surface area contributed by atoms with Gasteiger partial charge in [-0.25, -0.2) is 4.79 Å². The first-order valence-corrected chi connectivity index (χ1v) is 5.70. The standard InChI is InChI=1S/C11H13NO3S/c1-7-3-4-8(11(14)15)5-9(7)16-6-10(13)12-2/h3-5H,6H2,1-2H3,(H,12,13)(H,14,15). The first-order chi connectivity index (χ1) is 7.54. The van der Waals surface area contributed by atoms with Crippen molar-refractivity contribution in [1.82, 2.24) is 5.32 Å². The van der Waals surface area contributed by atoms with Crippen LogP contribution in [-0.4, -0.2) is 29.8 Å². The Labute approximate surface area is 98.0 Å². The van der Waals surface area contributed by atoms with E-state index in [2.05, 4.69) is 5.32 Å². The van der Waals surface area contributed by atoms with Crippen LogP contribution >= 0.6 is 11.8 Å². The summed E-state index contributed by atoms with van der Waals surface area (Å²) in [6, 6.07) is 4.89. The van der Waals surface area contributed by atoms with Crippen molar-refractivity contribution in [3.63, 3.8) is 0 Å². The zero-order valence-corrected chi connectivity index (χ0v) is 9.93. The lowest BCUT2D eigenvalue weighted by atomic mass is 10.1. The summed E-state index contributed by atoms with van der Waals surface area (Å²) >= 11 is 1.34. The predicted octanol–water partition coefficient (Wildman–Crippen LogP) is 1.53. The summed E-state index contributed by atoms with van der Waals surface area (Å²) < 4.78 is 0. The number of carbonyl (C=O) groups is 2. The molecule has 0 saturated heterocycles. The van der Waals surface area contributed by atoms with Crippen molar-refractivity contribution >= 4 is 23.6 Å². The van der Waals surface area contributed by atoms with Gasteiger partial charge in [-0.2, -0.15) is 0 Å². The average molecular weight is 239 g/mol. The van der Waals surface area contributed by atoms with Crippen LogP contribution in [0.4, 0.5) is 0 Å². The fraction of sp³-hybridized carbons (Fsp3) is 0.273. The van der Waals surface area contributed by atoms with Gasteiger partial charge < -0.3 is 10.4 Å². The van der Waals surface area contributed by atoms with Gasteiger partial charge in [0.2, 0.25) is 5.91 Å². The van der Waals surface area contributed by atoms with Crippen molar-refractivity contribution in [1.29, 1.82) is 0 Å². The van der Waals surface area contributed by atoms with E-state index >= 15 is 0 Å². The number of carbonyl (C=O) groups excluding carboxylic acids is 1. The smallest absolute Gasteiger partial charge is 0.335 e. The number of nitrogens with one attached hydrogen (secondary N) is 1. The van der Waals surface area contributed by atoms with Crippen LogP contribution < -0.4 is 5.32 Å². The Hall–Kier alpha value is -1.49. The molecule has 0 unspecified atom stereocenters. The Morgan fingerprint density at radius 1 is 1.44 bits per heavy atom. The Morgan fingerprint density at radius 2 is 2.12 bits per heavy atom. The Balaban J connectivity index is 2.82. The molecule has 1 aromatic rings. The summed E-state index contributed by atoms with van der Waals surface area (Å²) in [5.74, 6) is -0.743. The second-order valence-electron chi connectivity index (χ2n) is 3.25. The van der Waals surface area contributed by atoms with Gasteiger partial charge in [0, 0.05) is 11.9 Å². The molecular formula is C11H13NO3S. The number of hydrogen-bond acceptors (Lipinski definition) is 3. The molecule has 0 aromatic heterocycles. The Bertz CT molecular complexity index is 418. The first kappa shape index (κ1) is 12.6. The average Bonchev–Trinajstić information content (AvgIpc) is 2.27. The number of aromatic carboxylic acids is 1. The van der Waals surface area contributed by atoms with Gasteiger partial charge in [-0.1, -0.05) is 6.07 Å². The molecule has 86 valence electrons. The molecule has 0 fully saturated rings. The summed E-state index contributed by atoms with van der Waals surface area (Å²) in [4.78, 5) is 22.7. The van der Waals surface area contributed by atoms with E-state index in [1.165, 1.54) is 11.8 Å². The second kappa shape index (κ2) is 5.55. The molecule has 4 nitrogen and oxygen atoms in total. The van der Waals surface area contributed by atoms with Crippen LogP contribution in [0.3, 0.4) is 0 Å². The van der Waals surface area contributed by atoms with E-state index in [1.807, 2.05) is 6.92 Å². The molecule has 0 atom stereocenters. The minimum Gasteiger partial charge on any atom is -0.478 e. The van der Waals surface area contributed by atoms with Crippen LogP contribution in [0.15, 0.2) is 23.1 Å². The lowest BCUT2D eigenvalue weighted by Crippen LogP contribution is -2.19. The molecule has 0 heterocycles. The molecule has 0 spiro atoms. The van der Waals surface area contributed by atoms with Gasteiger partial charge in [0.1, 0.15) is 0 Å². The number of carboxylic acid groups (broad SMARTS) is 1. The van der Waals surface area contributed by atoms with Crippen molar-refractivity contribution in [3.05, 3.63) is 29.3 Å². The fourth-order valence-electron chi connectivity index (χ4n) is 1.10. The number of thioether (sulfide) groups is 1. The summed E-state index contributed by atoms with van der Waals surface area (Å²) in [7, 11) is 1.57. The highest BCUT2D eigenvalue weighted by molar-refractivity contribution is 8.00. The molecule has 1 rings (SSSR count). The third-order valence-electron chi connectivity index (χ3n) is 2.07. The van der Waals surface area contributed by atoms with Crippen molar-refractivity contribution < 1.29 is 14.7 Å². The van der Waals surface area contributed by atoms with Crippen molar-refractivity contribution in [2.24, 2.45) is 0 Å². The van der Waals surface area contributed by atoms with E-state index in [0.29, 0.717) is 5.75 Å². The maximum atomic E-state index is 11.1. The summed E-state index contributed by atoms with van der Waals surface area (Å²) in [6.45, 7) is 1.89. The van der Waals surface area contributed by atoms with Gasteiger partial charge >= 0.3 is 5.97 Å². The Morgan fingerprint density at radius 3 is 2.69 bits per heavy atom. The van der Waals surface area contributed by atoms with Gasteiger partial charge in [0.05, 0.1) is 11.3 Å². The number of hydrogen-bond donors (Lipinski definition) is 2. The summed E-state index contributed by atoms with van der Waals surface area (Å²) in [5, 5.41) is 11.4. The molecule has 1 aromatic carbocycles. The van der Waals surface area contributed by atoms with Gasteiger partial charge in [0.15, 0.2) is 0 Å². The largest absolute Gasteiger partial charge is 0.478 e. The van der Waals surface area contributed by atoms with E-state index < -0.39 is 5.97 Å². The highest BCUT2D eigenvalue weighted by Gasteiger charge is 2.08. The predicted molar refractivity (Wildman–Crippen MR) is 62.9 cm³/mol. The van der Waals surface area contributed by atoms with Gasteiger partial charge in [-0.15, -0.1) is 11.8 Å². The lowest BCUT2D eigenvalue weighted by Gasteiger charge is -2.06. The Kier molecular flexibility index (Phi) is 4.37. The monoisotopic (exact) mass is 239 g/mol. The van der Waals surface area contributed by atoms with Crippen molar-refractivity contribution in [3.8, 4) is 0 Å². The molecule has 0 radical (unpaired) electrons. The highest BCUT2D eigenvalue weighted by atomic mass is 32.2. The minimum absolute atomic E-state index is 0.0786. The third-order valence-corrected chi connectivity index (χ3v) is 3.23. The number of benzene rings is 1. The molecule has 0 saturated carbocycles. The summed E-state index contributed by atoms with van der Waals surface area (Å²) in [6.07, 6.45) is 0. The quantitative estimate of drug-likeness (QED) is 0.782. The van der Waals surface area contributed by atoms with Gasteiger partial charge in [0.25, 0.3) is 0 Å². The number of carboxylic acids is 1. The zero-order valence-electron chi connectivity index (χ0n) is 9.11. The van der Waals surface area contributed by atoms with E-state index in [-0.39, 0.29) is 11.5 Å². The SMILES string of the molecule is CNC(=O)CSc1cc(C(=O)O)ccc1C. The molecule has 16 heavy (non-hydrogen) atoms. The number of rotatable bonds is 4. The van der Waals surface area contributed by atoms with Crippen molar-refractivity contribution in [2.45, 2.75) is 11.8 Å². The van der Waals surface area contributed by atoms with E-state index in [4.69, 9.17) is 5.11 Å². The molecule has 0 bridgehead atoms. The molecule has 0 aliphatic carbocycles. The molecular weight excluding hydrogens is 226 g/mol. The molecule has 0 aliphatic rings.